The highest BCUT2D eigenvalue weighted by Crippen LogP contribution is 2.28. The summed E-state index contributed by atoms with van der Waals surface area (Å²) in [4.78, 5) is 12.5. The van der Waals surface area contributed by atoms with Crippen molar-refractivity contribution in [3.8, 4) is 5.75 Å². The summed E-state index contributed by atoms with van der Waals surface area (Å²) in [5, 5.41) is 10.3. The quantitative estimate of drug-likeness (QED) is 0.892. The van der Waals surface area contributed by atoms with Gasteiger partial charge < -0.3 is 10.1 Å². The van der Waals surface area contributed by atoms with Gasteiger partial charge in [-0.1, -0.05) is 50.3 Å². The van der Waals surface area contributed by atoms with E-state index >= 15 is 0 Å². The fourth-order valence-electron chi connectivity index (χ4n) is 3.96. The average Bonchev–Trinajstić information content (AvgIpc) is 3.09. The van der Waals surface area contributed by atoms with Crippen molar-refractivity contribution in [3.05, 3.63) is 41.6 Å². The van der Waals surface area contributed by atoms with Gasteiger partial charge in [-0.25, -0.2) is 0 Å². The molecule has 0 radical (unpaired) electrons. The molecule has 4 rings (SSSR count). The number of amides is 1. The lowest BCUT2D eigenvalue weighted by molar-refractivity contribution is -0.121. The van der Waals surface area contributed by atoms with E-state index in [2.05, 4.69) is 15.5 Å². The molecule has 1 fully saturated rings. The number of hydrogen-bond donors (Lipinski definition) is 2. The van der Waals surface area contributed by atoms with E-state index in [1.54, 1.807) is 0 Å². The molecule has 0 spiro atoms. The number of nitrogens with zero attached hydrogens (tertiary/aromatic N) is 1. The number of para-hydroxylation sites is 1. The molecule has 1 aromatic carbocycles. The SMILES string of the molecule is O=C(Nc1cc(CC2CCCCC2)[nH]n1)[C@H]1COc2ccccc2C1. The summed E-state index contributed by atoms with van der Waals surface area (Å²) in [7, 11) is 0. The highest BCUT2D eigenvalue weighted by atomic mass is 16.5. The number of hydrogen-bond acceptors (Lipinski definition) is 3. The van der Waals surface area contributed by atoms with Crippen molar-refractivity contribution < 1.29 is 9.53 Å². The van der Waals surface area contributed by atoms with Crippen LogP contribution in [0.2, 0.25) is 0 Å². The molecule has 5 nitrogen and oxygen atoms in total. The Hall–Kier alpha value is -2.30. The van der Waals surface area contributed by atoms with E-state index in [9.17, 15) is 4.79 Å². The van der Waals surface area contributed by atoms with Gasteiger partial charge in [0, 0.05) is 11.8 Å². The third-order valence-electron chi connectivity index (χ3n) is 5.37. The molecule has 1 amide bonds. The second-order valence-corrected chi connectivity index (χ2v) is 7.30. The number of rotatable bonds is 4. The van der Waals surface area contributed by atoms with Crippen LogP contribution in [0.3, 0.4) is 0 Å². The molecular weight excluding hydrogens is 314 g/mol. The molecule has 132 valence electrons. The molecule has 1 aliphatic carbocycles. The Morgan fingerprint density at radius 3 is 2.96 bits per heavy atom. The minimum Gasteiger partial charge on any atom is -0.492 e. The summed E-state index contributed by atoms with van der Waals surface area (Å²) in [5.74, 6) is 2.07. The predicted molar refractivity (Wildman–Crippen MR) is 96.6 cm³/mol. The van der Waals surface area contributed by atoms with E-state index in [4.69, 9.17) is 4.74 Å². The van der Waals surface area contributed by atoms with Crippen LogP contribution in [0.15, 0.2) is 30.3 Å². The number of ether oxygens (including phenoxy) is 1. The Labute approximate surface area is 148 Å². The molecule has 1 aliphatic heterocycles. The molecule has 0 saturated heterocycles. The third kappa shape index (κ3) is 3.86. The molecule has 2 aliphatic rings. The van der Waals surface area contributed by atoms with Crippen LogP contribution in [0.5, 0.6) is 5.75 Å². The van der Waals surface area contributed by atoms with E-state index in [1.807, 2.05) is 30.3 Å². The van der Waals surface area contributed by atoms with Gasteiger partial charge in [0.2, 0.25) is 5.91 Å². The molecule has 2 N–H and O–H groups in total. The molecule has 1 saturated carbocycles. The zero-order chi connectivity index (χ0) is 17.1. The van der Waals surface area contributed by atoms with Crippen LogP contribution in [-0.4, -0.2) is 22.7 Å². The van der Waals surface area contributed by atoms with Crippen LogP contribution in [0.1, 0.15) is 43.4 Å². The maximum absolute atomic E-state index is 12.5. The first-order valence-electron chi connectivity index (χ1n) is 9.34. The molecule has 0 bridgehead atoms. The number of carbonyl (C=O) groups is 1. The summed E-state index contributed by atoms with van der Waals surface area (Å²) in [6.07, 6.45) is 8.40. The Morgan fingerprint density at radius 1 is 1.24 bits per heavy atom. The first-order valence-corrected chi connectivity index (χ1v) is 9.34. The van der Waals surface area contributed by atoms with Gasteiger partial charge in [-0.15, -0.1) is 0 Å². The first-order chi connectivity index (χ1) is 12.3. The standard InChI is InChI=1S/C20H25N3O2/c24-20(16-11-15-8-4-5-9-18(15)25-13-16)21-19-12-17(22-23-19)10-14-6-2-1-3-7-14/h4-5,8-9,12,14,16H,1-3,6-7,10-11,13H2,(H2,21,22,23,24)/t16-/m1/s1. The monoisotopic (exact) mass is 339 g/mol. The van der Waals surface area contributed by atoms with Crippen molar-refractivity contribution in [2.24, 2.45) is 11.8 Å². The Bertz CT molecular complexity index is 734. The van der Waals surface area contributed by atoms with Crippen molar-refractivity contribution >= 4 is 11.7 Å². The van der Waals surface area contributed by atoms with Gasteiger partial charge in [-0.05, 0) is 30.4 Å². The maximum Gasteiger partial charge on any atom is 0.232 e. The van der Waals surface area contributed by atoms with Gasteiger partial charge in [-0.3, -0.25) is 9.89 Å². The van der Waals surface area contributed by atoms with E-state index in [0.717, 1.165) is 29.3 Å². The van der Waals surface area contributed by atoms with E-state index in [-0.39, 0.29) is 11.8 Å². The first kappa shape index (κ1) is 16.2. The van der Waals surface area contributed by atoms with E-state index < -0.39 is 0 Å². The second kappa shape index (κ2) is 7.30. The molecule has 1 atom stereocenters. The van der Waals surface area contributed by atoms with Gasteiger partial charge in [0.25, 0.3) is 0 Å². The highest BCUT2D eigenvalue weighted by Gasteiger charge is 2.26. The lowest BCUT2D eigenvalue weighted by atomic mass is 9.86. The van der Waals surface area contributed by atoms with Crippen molar-refractivity contribution in [1.29, 1.82) is 0 Å². The van der Waals surface area contributed by atoms with Crippen molar-refractivity contribution in [1.82, 2.24) is 10.2 Å². The molecular formula is C20H25N3O2. The van der Waals surface area contributed by atoms with Crippen LogP contribution in [0, 0.1) is 11.8 Å². The van der Waals surface area contributed by atoms with Crippen molar-refractivity contribution in [2.45, 2.75) is 44.9 Å². The van der Waals surface area contributed by atoms with Gasteiger partial charge >= 0.3 is 0 Å². The molecule has 1 aromatic heterocycles. The predicted octanol–water partition coefficient (Wildman–Crippen LogP) is 3.72. The van der Waals surface area contributed by atoms with E-state index in [1.165, 1.54) is 32.1 Å². The number of carbonyl (C=O) groups excluding carboxylic acids is 1. The van der Waals surface area contributed by atoms with Crippen LogP contribution >= 0.6 is 0 Å². The van der Waals surface area contributed by atoms with Crippen molar-refractivity contribution in [2.75, 3.05) is 11.9 Å². The summed E-state index contributed by atoms with van der Waals surface area (Å²) in [6.45, 7) is 0.419. The Kier molecular flexibility index (Phi) is 4.72. The number of nitrogens with one attached hydrogen (secondary N) is 2. The van der Waals surface area contributed by atoms with Crippen LogP contribution in [0.4, 0.5) is 5.82 Å². The maximum atomic E-state index is 12.5. The number of aromatic nitrogens is 2. The highest BCUT2D eigenvalue weighted by molar-refractivity contribution is 5.92. The summed E-state index contributed by atoms with van der Waals surface area (Å²) in [5.41, 5.74) is 2.21. The zero-order valence-electron chi connectivity index (χ0n) is 14.5. The van der Waals surface area contributed by atoms with Gasteiger partial charge in [0.15, 0.2) is 5.82 Å². The van der Waals surface area contributed by atoms with Crippen molar-refractivity contribution in [3.63, 3.8) is 0 Å². The number of H-pyrrole nitrogens is 1. The average molecular weight is 339 g/mol. The Balaban J connectivity index is 1.34. The molecule has 5 heteroatoms. The fourth-order valence-corrected chi connectivity index (χ4v) is 3.96. The van der Waals surface area contributed by atoms with Crippen LogP contribution < -0.4 is 10.1 Å². The normalized spacial score (nSPS) is 20.6. The smallest absolute Gasteiger partial charge is 0.232 e. The Morgan fingerprint density at radius 2 is 2.08 bits per heavy atom. The molecule has 0 unspecified atom stereocenters. The molecule has 2 heterocycles. The summed E-state index contributed by atoms with van der Waals surface area (Å²) >= 11 is 0. The summed E-state index contributed by atoms with van der Waals surface area (Å²) < 4.78 is 5.71. The second-order valence-electron chi connectivity index (χ2n) is 7.30. The minimum absolute atomic E-state index is 0.0229. The van der Waals surface area contributed by atoms with Gasteiger partial charge in [0.1, 0.15) is 12.4 Å². The number of fused-ring (bicyclic) bond motifs is 1. The topological polar surface area (TPSA) is 67.0 Å². The molecule has 2 aromatic rings. The third-order valence-corrected chi connectivity index (χ3v) is 5.37. The lowest BCUT2D eigenvalue weighted by Gasteiger charge is -2.24. The van der Waals surface area contributed by atoms with Gasteiger partial charge in [0.05, 0.1) is 5.92 Å². The minimum atomic E-state index is -0.173. The lowest BCUT2D eigenvalue weighted by Crippen LogP contribution is -2.32. The number of benzene rings is 1. The fraction of sp³-hybridized carbons (Fsp3) is 0.500. The van der Waals surface area contributed by atoms with Crippen LogP contribution in [-0.2, 0) is 17.6 Å². The summed E-state index contributed by atoms with van der Waals surface area (Å²) in [6, 6.07) is 9.88. The molecule has 25 heavy (non-hydrogen) atoms. The largest absolute Gasteiger partial charge is 0.492 e. The van der Waals surface area contributed by atoms with E-state index in [0.29, 0.717) is 18.8 Å². The zero-order valence-corrected chi connectivity index (χ0v) is 14.5. The van der Waals surface area contributed by atoms with Crippen LogP contribution in [0.25, 0.3) is 0 Å². The number of aromatic amines is 1. The van der Waals surface area contributed by atoms with Gasteiger partial charge in [-0.2, -0.15) is 5.10 Å². The number of anilines is 1.